The van der Waals surface area contributed by atoms with Crippen LogP contribution < -0.4 is 9.47 Å². The van der Waals surface area contributed by atoms with E-state index in [1.165, 1.54) is 5.56 Å². The molecule has 160 valence electrons. The zero-order chi connectivity index (χ0) is 21.5. The van der Waals surface area contributed by atoms with Gasteiger partial charge in [-0.15, -0.1) is 0 Å². The smallest absolute Gasteiger partial charge is 0.309 e. The number of hydrogen-bond donors (Lipinski definition) is 1. The van der Waals surface area contributed by atoms with Gasteiger partial charge in [0.25, 0.3) is 0 Å². The van der Waals surface area contributed by atoms with Crippen molar-refractivity contribution >= 4 is 17.6 Å². The van der Waals surface area contributed by atoms with Gasteiger partial charge in [0, 0.05) is 22.6 Å². The number of carboxylic acids is 1. The molecule has 0 saturated carbocycles. The van der Waals surface area contributed by atoms with Gasteiger partial charge in [-0.1, -0.05) is 41.9 Å². The summed E-state index contributed by atoms with van der Waals surface area (Å²) >= 11 is 6.33. The Morgan fingerprint density at radius 3 is 2.67 bits per heavy atom. The SMILES string of the molecule is COc1cc(Cl)cc2c1OC(C)(C)[C@H]1C[C@H](C(=O)O)[C@H](CCc3ccccc3)O[C@H]21. The van der Waals surface area contributed by atoms with Gasteiger partial charge in [-0.2, -0.15) is 0 Å². The normalized spacial score (nSPS) is 26.8. The van der Waals surface area contributed by atoms with Crippen LogP contribution in [0.2, 0.25) is 5.02 Å². The Morgan fingerprint density at radius 2 is 2.00 bits per heavy atom. The van der Waals surface area contributed by atoms with Crippen molar-refractivity contribution in [1.82, 2.24) is 0 Å². The summed E-state index contributed by atoms with van der Waals surface area (Å²) in [5, 5.41) is 10.5. The van der Waals surface area contributed by atoms with E-state index in [9.17, 15) is 9.90 Å². The Balaban J connectivity index is 1.68. The van der Waals surface area contributed by atoms with Crippen LogP contribution in [0, 0.1) is 11.8 Å². The molecule has 2 aromatic carbocycles. The minimum absolute atomic E-state index is 0.109. The third-order valence-electron chi connectivity index (χ3n) is 6.35. The van der Waals surface area contributed by atoms with E-state index in [1.54, 1.807) is 13.2 Å². The van der Waals surface area contributed by atoms with Gasteiger partial charge in [0.1, 0.15) is 5.60 Å². The number of carboxylic acid groups (broad SMARTS) is 1. The Hall–Kier alpha value is -2.24. The Morgan fingerprint density at radius 1 is 1.27 bits per heavy atom. The Kier molecular flexibility index (Phi) is 5.69. The van der Waals surface area contributed by atoms with Gasteiger partial charge in [-0.25, -0.2) is 0 Å². The van der Waals surface area contributed by atoms with Crippen molar-refractivity contribution in [3.8, 4) is 11.5 Å². The molecular weight excluding hydrogens is 404 g/mol. The molecule has 2 aromatic rings. The maximum absolute atomic E-state index is 12.1. The zero-order valence-corrected chi connectivity index (χ0v) is 18.2. The summed E-state index contributed by atoms with van der Waals surface area (Å²) in [5.41, 5.74) is 1.40. The van der Waals surface area contributed by atoms with Gasteiger partial charge in [0.2, 0.25) is 0 Å². The summed E-state index contributed by atoms with van der Waals surface area (Å²) in [6.45, 7) is 3.96. The van der Waals surface area contributed by atoms with Crippen molar-refractivity contribution in [3.05, 3.63) is 58.6 Å². The third kappa shape index (κ3) is 3.88. The summed E-state index contributed by atoms with van der Waals surface area (Å²) in [6.07, 6.45) is 1.20. The first kappa shape index (κ1) is 21.0. The second kappa shape index (κ2) is 8.12. The van der Waals surface area contributed by atoms with Crippen molar-refractivity contribution < 1.29 is 24.1 Å². The first-order valence-corrected chi connectivity index (χ1v) is 10.7. The molecule has 0 unspecified atom stereocenters. The van der Waals surface area contributed by atoms with Crippen molar-refractivity contribution in [2.75, 3.05) is 7.11 Å². The van der Waals surface area contributed by atoms with Crippen LogP contribution in [0.15, 0.2) is 42.5 Å². The molecule has 6 heteroatoms. The highest BCUT2D eigenvalue weighted by Gasteiger charge is 2.52. The molecule has 1 fully saturated rings. The van der Waals surface area contributed by atoms with Crippen LogP contribution in [0.3, 0.4) is 0 Å². The molecule has 0 amide bonds. The van der Waals surface area contributed by atoms with Gasteiger partial charge in [0.05, 0.1) is 25.2 Å². The average Bonchev–Trinajstić information content (AvgIpc) is 2.72. The maximum atomic E-state index is 12.1. The predicted molar refractivity (Wildman–Crippen MR) is 114 cm³/mol. The lowest BCUT2D eigenvalue weighted by Gasteiger charge is -2.50. The number of ether oxygens (including phenoxy) is 3. The van der Waals surface area contributed by atoms with Crippen LogP contribution in [-0.2, 0) is 16.0 Å². The molecule has 1 saturated heterocycles. The fourth-order valence-electron chi connectivity index (χ4n) is 4.75. The van der Waals surface area contributed by atoms with Crippen LogP contribution in [0.5, 0.6) is 11.5 Å². The molecule has 5 nitrogen and oxygen atoms in total. The molecule has 1 N–H and O–H groups in total. The minimum Gasteiger partial charge on any atom is -0.493 e. The number of aliphatic carboxylic acids is 1. The summed E-state index contributed by atoms with van der Waals surface area (Å²) < 4.78 is 18.3. The number of halogens is 1. The molecule has 30 heavy (non-hydrogen) atoms. The molecule has 0 aliphatic carbocycles. The van der Waals surface area contributed by atoms with Gasteiger partial charge in [-0.05, 0) is 44.7 Å². The first-order valence-electron chi connectivity index (χ1n) is 10.3. The second-order valence-electron chi connectivity index (χ2n) is 8.64. The number of methoxy groups -OCH3 is 1. The second-order valence-corrected chi connectivity index (χ2v) is 9.07. The van der Waals surface area contributed by atoms with Gasteiger partial charge >= 0.3 is 5.97 Å². The van der Waals surface area contributed by atoms with Crippen LogP contribution in [-0.4, -0.2) is 29.9 Å². The lowest BCUT2D eigenvalue weighted by atomic mass is 9.71. The van der Waals surface area contributed by atoms with E-state index in [2.05, 4.69) is 12.1 Å². The van der Waals surface area contributed by atoms with Crippen molar-refractivity contribution in [3.63, 3.8) is 0 Å². The molecule has 2 heterocycles. The molecule has 2 aliphatic rings. The standard InChI is InChI=1S/C24H27ClO5/c1-24(2)18-13-16(23(26)27)19(10-9-14-7-5-4-6-8-14)29-21(18)17-11-15(25)12-20(28-3)22(17)30-24/h4-8,11-12,16,18-19,21H,9-10,13H2,1-3H3,(H,26,27)/t16-,18-,19-,21+/m0/s1. The lowest BCUT2D eigenvalue weighted by molar-refractivity contribution is -0.188. The maximum Gasteiger partial charge on any atom is 0.309 e. The highest BCUT2D eigenvalue weighted by molar-refractivity contribution is 6.30. The van der Waals surface area contributed by atoms with Crippen molar-refractivity contribution in [2.24, 2.45) is 11.8 Å². The number of hydrogen-bond acceptors (Lipinski definition) is 4. The first-order chi connectivity index (χ1) is 14.3. The Bertz CT molecular complexity index is 927. The molecular formula is C24H27ClO5. The van der Waals surface area contributed by atoms with E-state index >= 15 is 0 Å². The van der Waals surface area contributed by atoms with Crippen molar-refractivity contribution in [1.29, 1.82) is 0 Å². The molecule has 0 bridgehead atoms. The summed E-state index contributed by atoms with van der Waals surface area (Å²) in [4.78, 5) is 12.1. The number of aryl methyl sites for hydroxylation is 1. The highest BCUT2D eigenvalue weighted by atomic mass is 35.5. The Labute approximate surface area is 181 Å². The highest BCUT2D eigenvalue weighted by Crippen LogP contribution is 2.55. The van der Waals surface area contributed by atoms with E-state index in [0.29, 0.717) is 29.4 Å². The zero-order valence-electron chi connectivity index (χ0n) is 17.4. The minimum atomic E-state index is -0.822. The monoisotopic (exact) mass is 430 g/mol. The summed E-state index contributed by atoms with van der Waals surface area (Å²) in [7, 11) is 1.58. The molecule has 2 aliphatic heterocycles. The van der Waals surface area contributed by atoms with Gasteiger partial charge < -0.3 is 19.3 Å². The summed E-state index contributed by atoms with van der Waals surface area (Å²) in [5.74, 6) is -0.322. The number of rotatable bonds is 5. The number of fused-ring (bicyclic) bond motifs is 3. The van der Waals surface area contributed by atoms with Crippen LogP contribution in [0.4, 0.5) is 0 Å². The van der Waals surface area contributed by atoms with E-state index in [-0.39, 0.29) is 12.0 Å². The van der Waals surface area contributed by atoms with Crippen molar-refractivity contribution in [2.45, 2.75) is 50.9 Å². The fourth-order valence-corrected chi connectivity index (χ4v) is 4.96. The van der Waals surface area contributed by atoms with E-state index in [4.69, 9.17) is 25.8 Å². The number of carbonyl (C=O) groups is 1. The molecule has 0 spiro atoms. The van der Waals surface area contributed by atoms with E-state index < -0.39 is 23.6 Å². The van der Waals surface area contributed by atoms with Gasteiger partial charge in [-0.3, -0.25) is 4.79 Å². The summed E-state index contributed by atoms with van der Waals surface area (Å²) in [6, 6.07) is 13.6. The molecule has 4 rings (SSSR count). The molecule has 0 aromatic heterocycles. The molecule has 4 atom stereocenters. The van der Waals surface area contributed by atoms with Crippen LogP contribution in [0.1, 0.15) is 43.9 Å². The van der Waals surface area contributed by atoms with E-state index in [1.807, 2.05) is 38.1 Å². The average molecular weight is 431 g/mol. The van der Waals surface area contributed by atoms with Crippen LogP contribution >= 0.6 is 11.6 Å². The third-order valence-corrected chi connectivity index (χ3v) is 6.57. The lowest BCUT2D eigenvalue weighted by Crippen LogP contribution is -2.52. The quantitative estimate of drug-likeness (QED) is 0.697. The van der Waals surface area contributed by atoms with Gasteiger partial charge in [0.15, 0.2) is 11.5 Å². The van der Waals surface area contributed by atoms with E-state index in [0.717, 1.165) is 12.0 Å². The largest absolute Gasteiger partial charge is 0.493 e. The topological polar surface area (TPSA) is 65.0 Å². The fraction of sp³-hybridized carbons (Fsp3) is 0.458. The predicted octanol–water partition coefficient (Wildman–Crippen LogP) is 5.30. The van der Waals surface area contributed by atoms with Crippen LogP contribution in [0.25, 0.3) is 0 Å². The number of benzene rings is 2. The molecule has 0 radical (unpaired) electrons.